The summed E-state index contributed by atoms with van der Waals surface area (Å²) in [5.74, 6) is -1.18. The number of aliphatic hydroxyl groups is 1. The quantitative estimate of drug-likeness (QED) is 0.702. The van der Waals surface area contributed by atoms with Crippen LogP contribution in [0.25, 0.3) is 0 Å². The number of carbonyl (C=O) groups excluding carboxylic acids is 1. The van der Waals surface area contributed by atoms with Gasteiger partial charge in [0, 0.05) is 23.7 Å². The van der Waals surface area contributed by atoms with Crippen LogP contribution in [0.5, 0.6) is 0 Å². The van der Waals surface area contributed by atoms with Crippen molar-refractivity contribution in [1.29, 1.82) is 0 Å². The monoisotopic (exact) mass is 388 g/mol. The van der Waals surface area contributed by atoms with Crippen LogP contribution in [0.1, 0.15) is 22.3 Å². The number of hydrogen-bond donors (Lipinski definition) is 3. The van der Waals surface area contributed by atoms with E-state index in [1.54, 1.807) is 42.5 Å². The largest absolute Gasteiger partial charge is 0.396 e. The van der Waals surface area contributed by atoms with Crippen molar-refractivity contribution in [1.82, 2.24) is 10.6 Å². The highest BCUT2D eigenvalue weighted by Crippen LogP contribution is 2.38. The van der Waals surface area contributed by atoms with E-state index in [1.807, 2.05) is 6.07 Å². The first-order chi connectivity index (χ1) is 13.1. The Balaban J connectivity index is 1.87. The van der Waals surface area contributed by atoms with E-state index < -0.39 is 17.3 Å². The predicted molar refractivity (Wildman–Crippen MR) is 104 cm³/mol. The maximum absolute atomic E-state index is 14.6. The van der Waals surface area contributed by atoms with Crippen molar-refractivity contribution in [2.75, 3.05) is 19.8 Å². The van der Waals surface area contributed by atoms with Crippen molar-refractivity contribution in [2.24, 2.45) is 5.92 Å². The molecule has 0 aliphatic carbocycles. The minimum Gasteiger partial charge on any atom is -0.396 e. The van der Waals surface area contributed by atoms with Crippen molar-refractivity contribution >= 4 is 23.2 Å². The maximum atomic E-state index is 14.6. The Labute approximate surface area is 162 Å². The molecule has 0 unspecified atom stereocenters. The normalized spacial score (nSPS) is 22.1. The van der Waals surface area contributed by atoms with E-state index in [9.17, 15) is 14.3 Å². The Bertz CT molecular complexity index is 818. The van der Waals surface area contributed by atoms with Gasteiger partial charge in [-0.15, -0.1) is 0 Å². The van der Waals surface area contributed by atoms with Gasteiger partial charge in [-0.25, -0.2) is 4.39 Å². The summed E-state index contributed by atoms with van der Waals surface area (Å²) in [4.78, 5) is 12.4. The molecule has 27 heavy (non-hydrogen) atoms. The molecular formula is C20H21FN2O3S. The van der Waals surface area contributed by atoms with Crippen molar-refractivity contribution < 1.29 is 19.0 Å². The first-order valence-electron chi connectivity index (χ1n) is 8.69. The van der Waals surface area contributed by atoms with E-state index >= 15 is 0 Å². The van der Waals surface area contributed by atoms with Gasteiger partial charge >= 0.3 is 0 Å². The Morgan fingerprint density at radius 3 is 2.63 bits per heavy atom. The number of nitrogens with one attached hydrogen (secondary N) is 2. The zero-order valence-corrected chi connectivity index (χ0v) is 15.5. The van der Waals surface area contributed by atoms with Crippen LogP contribution in [-0.4, -0.2) is 35.9 Å². The summed E-state index contributed by atoms with van der Waals surface area (Å²) >= 11 is 5.34. The number of aliphatic hydroxyl groups excluding tert-OH is 1. The molecule has 2 atom stereocenters. The van der Waals surface area contributed by atoms with Crippen molar-refractivity contribution in [2.45, 2.75) is 12.0 Å². The third kappa shape index (κ3) is 4.16. The number of benzene rings is 2. The van der Waals surface area contributed by atoms with E-state index in [4.69, 9.17) is 17.0 Å². The Morgan fingerprint density at radius 2 is 1.93 bits per heavy atom. The van der Waals surface area contributed by atoms with E-state index in [0.29, 0.717) is 24.2 Å². The summed E-state index contributed by atoms with van der Waals surface area (Å²) in [6, 6.07) is 15.1. The summed E-state index contributed by atoms with van der Waals surface area (Å²) in [6.07, 6.45) is 0.403. The number of thiocarbonyl (C=S) groups is 1. The molecular weight excluding hydrogens is 367 g/mol. The molecule has 5 nitrogen and oxygen atoms in total. The van der Waals surface area contributed by atoms with Crippen LogP contribution in [0, 0.1) is 11.7 Å². The number of amides is 1. The SMILES string of the molecule is O=C(NC(=S)N[C@]1(c2ccccc2F)CCOC[C@@H]1CO)c1ccccc1. The van der Waals surface area contributed by atoms with Gasteiger partial charge in [0.1, 0.15) is 5.82 Å². The number of hydrogen-bond acceptors (Lipinski definition) is 4. The third-order valence-electron chi connectivity index (χ3n) is 4.83. The van der Waals surface area contributed by atoms with Gasteiger partial charge in [-0.3, -0.25) is 10.1 Å². The molecule has 142 valence electrons. The van der Waals surface area contributed by atoms with Gasteiger partial charge in [-0.05, 0) is 36.8 Å². The lowest BCUT2D eigenvalue weighted by Crippen LogP contribution is -2.59. The highest BCUT2D eigenvalue weighted by molar-refractivity contribution is 7.80. The Hall–Kier alpha value is -2.35. The molecule has 0 bridgehead atoms. The first kappa shape index (κ1) is 19.4. The molecule has 2 aromatic carbocycles. The van der Waals surface area contributed by atoms with Gasteiger partial charge in [-0.1, -0.05) is 36.4 Å². The molecule has 0 aromatic heterocycles. The van der Waals surface area contributed by atoms with E-state index in [1.165, 1.54) is 6.07 Å². The van der Waals surface area contributed by atoms with E-state index in [-0.39, 0.29) is 24.2 Å². The lowest BCUT2D eigenvalue weighted by molar-refractivity contribution is -0.0322. The zero-order valence-electron chi connectivity index (χ0n) is 14.7. The number of carbonyl (C=O) groups is 1. The fourth-order valence-electron chi connectivity index (χ4n) is 3.42. The smallest absolute Gasteiger partial charge is 0.257 e. The van der Waals surface area contributed by atoms with Gasteiger partial charge in [-0.2, -0.15) is 0 Å². The fourth-order valence-corrected chi connectivity index (χ4v) is 3.70. The minimum atomic E-state index is -0.973. The Morgan fingerprint density at radius 1 is 1.22 bits per heavy atom. The number of halogens is 1. The second-order valence-corrected chi connectivity index (χ2v) is 6.84. The molecule has 1 heterocycles. The van der Waals surface area contributed by atoms with Crippen molar-refractivity contribution in [3.63, 3.8) is 0 Å². The molecule has 3 rings (SSSR count). The highest BCUT2D eigenvalue weighted by Gasteiger charge is 2.45. The number of rotatable bonds is 4. The molecule has 1 amide bonds. The molecule has 0 spiro atoms. The van der Waals surface area contributed by atoms with Crippen LogP contribution in [0.3, 0.4) is 0 Å². The van der Waals surface area contributed by atoms with Gasteiger partial charge < -0.3 is 15.2 Å². The molecule has 7 heteroatoms. The zero-order chi connectivity index (χ0) is 19.3. The van der Waals surface area contributed by atoms with Gasteiger partial charge in [0.2, 0.25) is 0 Å². The molecule has 3 N–H and O–H groups in total. The molecule has 0 radical (unpaired) electrons. The van der Waals surface area contributed by atoms with Crippen LogP contribution in [0.2, 0.25) is 0 Å². The van der Waals surface area contributed by atoms with Crippen molar-refractivity contribution in [3.8, 4) is 0 Å². The van der Waals surface area contributed by atoms with Crippen LogP contribution in [-0.2, 0) is 10.3 Å². The summed E-state index contributed by atoms with van der Waals surface area (Å²) in [5.41, 5.74) is -0.115. The second kappa shape index (κ2) is 8.56. The first-order valence-corrected chi connectivity index (χ1v) is 9.10. The molecule has 1 aliphatic rings. The van der Waals surface area contributed by atoms with Gasteiger partial charge in [0.15, 0.2) is 5.11 Å². The highest BCUT2D eigenvalue weighted by atomic mass is 32.1. The summed E-state index contributed by atoms with van der Waals surface area (Å²) in [5, 5.41) is 15.7. The van der Waals surface area contributed by atoms with Crippen LogP contribution >= 0.6 is 12.2 Å². The third-order valence-corrected chi connectivity index (χ3v) is 5.04. The topological polar surface area (TPSA) is 70.6 Å². The Kier molecular flexibility index (Phi) is 6.15. The average Bonchev–Trinajstić information content (AvgIpc) is 2.69. The fraction of sp³-hybridized carbons (Fsp3) is 0.300. The summed E-state index contributed by atoms with van der Waals surface area (Å²) in [6.45, 7) is 0.427. The predicted octanol–water partition coefficient (Wildman–Crippen LogP) is 2.35. The summed E-state index contributed by atoms with van der Waals surface area (Å²) < 4.78 is 20.1. The molecule has 1 aliphatic heterocycles. The molecule has 2 aromatic rings. The maximum Gasteiger partial charge on any atom is 0.257 e. The molecule has 1 saturated heterocycles. The standard InChI is InChI=1S/C20H21FN2O3S/c21-17-9-5-4-8-16(17)20(10-11-26-13-15(20)12-24)23-19(27)22-18(25)14-6-2-1-3-7-14/h1-9,15,24H,10-13H2,(H2,22,23,25,27)/t15-,20+/m0/s1. The molecule has 0 saturated carbocycles. The summed E-state index contributed by atoms with van der Waals surface area (Å²) in [7, 11) is 0. The van der Waals surface area contributed by atoms with Crippen LogP contribution in [0.4, 0.5) is 4.39 Å². The van der Waals surface area contributed by atoms with Crippen LogP contribution in [0.15, 0.2) is 54.6 Å². The van der Waals surface area contributed by atoms with Crippen molar-refractivity contribution in [3.05, 3.63) is 71.5 Å². The second-order valence-electron chi connectivity index (χ2n) is 6.43. The van der Waals surface area contributed by atoms with E-state index in [0.717, 1.165) is 0 Å². The van der Waals surface area contributed by atoms with Gasteiger partial charge in [0.25, 0.3) is 5.91 Å². The minimum absolute atomic E-state index is 0.0763. The van der Waals surface area contributed by atoms with Gasteiger partial charge in [0.05, 0.1) is 18.8 Å². The number of ether oxygens (including phenoxy) is 1. The van der Waals surface area contributed by atoms with E-state index in [2.05, 4.69) is 10.6 Å². The average molecular weight is 388 g/mol. The lowest BCUT2D eigenvalue weighted by atomic mass is 9.74. The molecule has 1 fully saturated rings. The van der Waals surface area contributed by atoms with Crippen LogP contribution < -0.4 is 10.6 Å². The lowest BCUT2D eigenvalue weighted by Gasteiger charge is -2.45.